The molecule has 15 heavy (non-hydrogen) atoms. The molecule has 0 saturated heterocycles. The highest BCUT2D eigenvalue weighted by atomic mass is 79.9. The van der Waals surface area contributed by atoms with Crippen molar-refractivity contribution in [1.29, 1.82) is 0 Å². The summed E-state index contributed by atoms with van der Waals surface area (Å²) in [5, 5.41) is 15.4. The number of carbonyl (C=O) groups excluding carboxylic acids is 1. The van der Waals surface area contributed by atoms with Crippen LogP contribution in [0.4, 0.5) is 5.00 Å². The van der Waals surface area contributed by atoms with Gasteiger partial charge in [-0.15, -0.1) is 11.3 Å². The summed E-state index contributed by atoms with van der Waals surface area (Å²) in [5.41, 5.74) is 0. The van der Waals surface area contributed by atoms with Gasteiger partial charge in [0.1, 0.15) is 0 Å². The molecular weight excluding hydrogens is 282 g/mol. The number of halogens is 1. The fourth-order valence-corrected chi connectivity index (χ4v) is 2.30. The van der Waals surface area contributed by atoms with E-state index < -0.39 is 12.1 Å². The highest BCUT2D eigenvalue weighted by Gasteiger charge is 2.10. The van der Waals surface area contributed by atoms with E-state index in [1.54, 1.807) is 0 Å². The molecule has 1 rings (SSSR count). The van der Waals surface area contributed by atoms with Crippen molar-refractivity contribution in [2.24, 2.45) is 0 Å². The molecule has 1 aromatic rings. The molecule has 4 nitrogen and oxygen atoms in total. The van der Waals surface area contributed by atoms with Gasteiger partial charge in [0.2, 0.25) is 0 Å². The van der Waals surface area contributed by atoms with E-state index in [1.807, 2.05) is 11.4 Å². The number of hydrogen-bond acceptors (Lipinski definition) is 5. The minimum Gasteiger partial charge on any atom is -0.469 e. The first-order valence-corrected chi connectivity index (χ1v) is 6.02. The van der Waals surface area contributed by atoms with Crippen molar-refractivity contribution in [2.45, 2.75) is 12.5 Å². The first kappa shape index (κ1) is 12.5. The Kier molecular flexibility index (Phi) is 5.07. The lowest BCUT2D eigenvalue weighted by atomic mass is 10.2. The number of thiophene rings is 1. The Labute approximate surface area is 100 Å². The third kappa shape index (κ3) is 4.63. The van der Waals surface area contributed by atoms with Gasteiger partial charge in [-0.2, -0.15) is 0 Å². The predicted molar refractivity (Wildman–Crippen MR) is 63.1 cm³/mol. The summed E-state index contributed by atoms with van der Waals surface area (Å²) in [5.74, 6) is -0.406. The molecule has 0 aromatic carbocycles. The summed E-state index contributed by atoms with van der Waals surface area (Å²) in [6, 6.07) is 1.91. The molecule has 0 spiro atoms. The largest absolute Gasteiger partial charge is 0.469 e. The van der Waals surface area contributed by atoms with E-state index in [2.05, 4.69) is 26.0 Å². The second kappa shape index (κ2) is 6.09. The summed E-state index contributed by atoms with van der Waals surface area (Å²) in [6.45, 7) is 0.335. The van der Waals surface area contributed by atoms with Gasteiger partial charge >= 0.3 is 5.97 Å². The summed E-state index contributed by atoms with van der Waals surface area (Å²) in [7, 11) is 1.30. The van der Waals surface area contributed by atoms with Gasteiger partial charge in [-0.05, 0) is 22.0 Å². The lowest BCUT2D eigenvalue weighted by molar-refractivity contribution is -0.142. The molecular formula is C9H12BrNO3S. The summed E-state index contributed by atoms with van der Waals surface area (Å²) in [6.07, 6.45) is -0.714. The smallest absolute Gasteiger partial charge is 0.308 e. The minimum absolute atomic E-state index is 0.00997. The zero-order valence-electron chi connectivity index (χ0n) is 8.20. The van der Waals surface area contributed by atoms with Crippen molar-refractivity contribution in [2.75, 3.05) is 19.0 Å². The third-order valence-corrected chi connectivity index (χ3v) is 3.36. The van der Waals surface area contributed by atoms with E-state index in [0.29, 0.717) is 6.54 Å². The fourth-order valence-electron chi connectivity index (χ4n) is 0.972. The van der Waals surface area contributed by atoms with Crippen LogP contribution in [-0.2, 0) is 9.53 Å². The quantitative estimate of drug-likeness (QED) is 0.814. The van der Waals surface area contributed by atoms with E-state index in [9.17, 15) is 9.90 Å². The number of rotatable bonds is 5. The van der Waals surface area contributed by atoms with Crippen LogP contribution in [0.25, 0.3) is 0 Å². The van der Waals surface area contributed by atoms with Crippen LogP contribution in [0.2, 0.25) is 0 Å². The van der Waals surface area contributed by atoms with Crippen LogP contribution in [0.15, 0.2) is 15.9 Å². The Morgan fingerprint density at radius 3 is 3.07 bits per heavy atom. The van der Waals surface area contributed by atoms with Gasteiger partial charge in [-0.1, -0.05) is 0 Å². The second-order valence-corrected chi connectivity index (χ2v) is 4.77. The van der Waals surface area contributed by atoms with Gasteiger partial charge in [-0.3, -0.25) is 4.79 Å². The molecule has 0 amide bonds. The van der Waals surface area contributed by atoms with Gasteiger partial charge in [0.25, 0.3) is 0 Å². The third-order valence-electron chi connectivity index (χ3n) is 1.71. The Morgan fingerprint density at radius 2 is 2.53 bits per heavy atom. The standard InChI is InChI=1S/C9H12BrNO3S/c1-14-9(13)3-7(12)4-11-8-2-6(10)5-15-8/h2,5,7,11-12H,3-4H2,1H3. The van der Waals surface area contributed by atoms with Crippen LogP contribution in [0, 0.1) is 0 Å². The van der Waals surface area contributed by atoms with Gasteiger partial charge < -0.3 is 15.2 Å². The number of aliphatic hydroxyl groups excluding tert-OH is 1. The summed E-state index contributed by atoms with van der Waals surface area (Å²) >= 11 is 4.86. The maximum absolute atomic E-state index is 10.8. The normalized spacial score (nSPS) is 12.2. The Balaban J connectivity index is 2.28. The molecule has 0 aliphatic rings. The number of methoxy groups -OCH3 is 1. The minimum atomic E-state index is -0.724. The molecule has 6 heteroatoms. The molecule has 0 aliphatic carbocycles. The molecule has 0 fully saturated rings. The topological polar surface area (TPSA) is 58.6 Å². The number of anilines is 1. The molecule has 84 valence electrons. The van der Waals surface area contributed by atoms with E-state index >= 15 is 0 Å². The van der Waals surface area contributed by atoms with Crippen molar-refractivity contribution < 1.29 is 14.6 Å². The molecule has 1 unspecified atom stereocenters. The molecule has 0 saturated carbocycles. The number of hydrogen-bond donors (Lipinski definition) is 2. The molecule has 2 N–H and O–H groups in total. The van der Waals surface area contributed by atoms with Crippen LogP contribution in [0.3, 0.4) is 0 Å². The number of nitrogens with one attached hydrogen (secondary N) is 1. The summed E-state index contributed by atoms with van der Waals surface area (Å²) in [4.78, 5) is 10.8. The van der Waals surface area contributed by atoms with Gasteiger partial charge in [-0.25, -0.2) is 0 Å². The van der Waals surface area contributed by atoms with Crippen LogP contribution in [-0.4, -0.2) is 30.8 Å². The van der Waals surface area contributed by atoms with E-state index in [1.165, 1.54) is 18.4 Å². The molecule has 1 atom stereocenters. The lowest BCUT2D eigenvalue weighted by Crippen LogP contribution is -2.23. The number of esters is 1. The molecule has 0 aliphatic heterocycles. The van der Waals surface area contributed by atoms with Gasteiger partial charge in [0.15, 0.2) is 0 Å². The average molecular weight is 294 g/mol. The van der Waals surface area contributed by atoms with Crippen LogP contribution in [0.5, 0.6) is 0 Å². The predicted octanol–water partition coefficient (Wildman–Crippen LogP) is 1.85. The number of aliphatic hydroxyl groups is 1. The van der Waals surface area contributed by atoms with E-state index in [-0.39, 0.29) is 6.42 Å². The fraction of sp³-hybridized carbons (Fsp3) is 0.444. The maximum Gasteiger partial charge on any atom is 0.308 e. The zero-order chi connectivity index (χ0) is 11.3. The van der Waals surface area contributed by atoms with Crippen molar-refractivity contribution in [1.82, 2.24) is 0 Å². The molecule has 0 bridgehead atoms. The molecule has 1 heterocycles. The Hall–Kier alpha value is -0.590. The van der Waals surface area contributed by atoms with Gasteiger partial charge in [0, 0.05) is 16.4 Å². The Bertz CT molecular complexity index is 329. The van der Waals surface area contributed by atoms with Crippen molar-refractivity contribution >= 4 is 38.2 Å². The van der Waals surface area contributed by atoms with Crippen molar-refractivity contribution in [3.63, 3.8) is 0 Å². The average Bonchev–Trinajstić information content (AvgIpc) is 2.61. The number of ether oxygens (including phenoxy) is 1. The van der Waals surface area contributed by atoms with Crippen molar-refractivity contribution in [3.05, 3.63) is 15.9 Å². The van der Waals surface area contributed by atoms with E-state index in [4.69, 9.17) is 0 Å². The first-order valence-electron chi connectivity index (χ1n) is 4.34. The monoisotopic (exact) mass is 293 g/mol. The Morgan fingerprint density at radius 1 is 1.80 bits per heavy atom. The number of carbonyl (C=O) groups is 1. The van der Waals surface area contributed by atoms with Crippen LogP contribution < -0.4 is 5.32 Å². The lowest BCUT2D eigenvalue weighted by Gasteiger charge is -2.09. The van der Waals surface area contributed by atoms with Crippen LogP contribution >= 0.6 is 27.3 Å². The van der Waals surface area contributed by atoms with E-state index in [0.717, 1.165) is 9.47 Å². The van der Waals surface area contributed by atoms with Crippen molar-refractivity contribution in [3.8, 4) is 0 Å². The second-order valence-electron chi connectivity index (χ2n) is 2.94. The SMILES string of the molecule is COC(=O)CC(O)CNc1cc(Br)cs1. The zero-order valence-corrected chi connectivity index (χ0v) is 10.6. The highest BCUT2D eigenvalue weighted by molar-refractivity contribution is 9.10. The maximum atomic E-state index is 10.8. The van der Waals surface area contributed by atoms with Gasteiger partial charge in [0.05, 0.1) is 24.6 Å². The molecule has 1 aromatic heterocycles. The van der Waals surface area contributed by atoms with Crippen LogP contribution in [0.1, 0.15) is 6.42 Å². The highest BCUT2D eigenvalue weighted by Crippen LogP contribution is 2.24. The molecule has 0 radical (unpaired) electrons. The summed E-state index contributed by atoms with van der Waals surface area (Å²) < 4.78 is 5.44. The first-order chi connectivity index (χ1) is 7.11.